The Hall–Kier alpha value is -2.09. The van der Waals surface area contributed by atoms with Crippen LogP contribution in [0.4, 0.5) is 5.69 Å². The molecule has 1 aromatic rings. The minimum Gasteiger partial charge on any atom is -0.480 e. The molecule has 0 aromatic carbocycles. The van der Waals surface area contributed by atoms with Crippen molar-refractivity contribution in [3.05, 3.63) is 24.0 Å². The van der Waals surface area contributed by atoms with Crippen LogP contribution in [0.2, 0.25) is 0 Å². The lowest BCUT2D eigenvalue weighted by atomic mass is 9.94. The van der Waals surface area contributed by atoms with Crippen molar-refractivity contribution >= 4 is 11.7 Å². The van der Waals surface area contributed by atoms with Gasteiger partial charge in [-0.1, -0.05) is 6.42 Å². The van der Waals surface area contributed by atoms with E-state index in [9.17, 15) is 9.90 Å². The molecule has 5 nitrogen and oxygen atoms in total. The minimum absolute atomic E-state index is 0.246. The largest absolute Gasteiger partial charge is 0.480 e. The minimum atomic E-state index is -0.760. The Balaban J connectivity index is 1.95. The topological polar surface area (TPSA) is 77.2 Å². The van der Waals surface area contributed by atoms with Crippen molar-refractivity contribution in [1.82, 2.24) is 4.98 Å². The number of pyridine rings is 1. The number of nitrogens with zero attached hydrogens (tertiary/aromatic N) is 3. The third-order valence-electron chi connectivity index (χ3n) is 4.33. The fourth-order valence-corrected chi connectivity index (χ4v) is 3.55. The van der Waals surface area contributed by atoms with E-state index in [1.807, 2.05) is 11.0 Å². The summed E-state index contributed by atoms with van der Waals surface area (Å²) in [7, 11) is 0. The standard InChI is InChI=1S/C14H15N3O2/c15-7-10-6-11(4-5-16-10)17-8-9-2-1-3-12(9)13(17)14(18)19/h4-6,9,12-13H,1-3,8H2,(H,18,19). The lowest BCUT2D eigenvalue weighted by molar-refractivity contribution is -0.139. The number of carboxylic acids is 1. The molecular weight excluding hydrogens is 242 g/mol. The van der Waals surface area contributed by atoms with Crippen LogP contribution in [0.15, 0.2) is 18.3 Å². The van der Waals surface area contributed by atoms with Gasteiger partial charge in [-0.25, -0.2) is 9.78 Å². The fourth-order valence-electron chi connectivity index (χ4n) is 3.55. The maximum atomic E-state index is 11.6. The second-order valence-corrected chi connectivity index (χ2v) is 5.30. The Morgan fingerprint density at radius 3 is 3.11 bits per heavy atom. The molecule has 1 N–H and O–H groups in total. The summed E-state index contributed by atoms with van der Waals surface area (Å²) in [5.41, 5.74) is 1.13. The number of anilines is 1. The highest BCUT2D eigenvalue weighted by Gasteiger charge is 2.47. The van der Waals surface area contributed by atoms with Gasteiger partial charge in [0.05, 0.1) is 0 Å². The monoisotopic (exact) mass is 257 g/mol. The molecule has 2 aliphatic rings. The summed E-state index contributed by atoms with van der Waals surface area (Å²) in [5.74, 6) is -0.0410. The summed E-state index contributed by atoms with van der Waals surface area (Å²) in [6.45, 7) is 0.774. The summed E-state index contributed by atoms with van der Waals surface area (Å²) >= 11 is 0. The summed E-state index contributed by atoms with van der Waals surface area (Å²) in [5, 5.41) is 18.4. The van der Waals surface area contributed by atoms with Gasteiger partial charge in [0.15, 0.2) is 0 Å². The van der Waals surface area contributed by atoms with Crippen molar-refractivity contribution in [3.8, 4) is 6.07 Å². The van der Waals surface area contributed by atoms with Crippen LogP contribution in [0.3, 0.4) is 0 Å². The first-order valence-electron chi connectivity index (χ1n) is 6.56. The first kappa shape index (κ1) is 12.0. The van der Waals surface area contributed by atoms with Gasteiger partial charge in [-0.3, -0.25) is 0 Å². The zero-order valence-electron chi connectivity index (χ0n) is 10.5. The number of aromatic nitrogens is 1. The SMILES string of the molecule is N#Cc1cc(N2CC3CCCC3C2C(=O)O)ccn1. The molecule has 5 heteroatoms. The van der Waals surface area contributed by atoms with Gasteiger partial charge in [-0.05, 0) is 36.8 Å². The molecule has 3 unspecified atom stereocenters. The van der Waals surface area contributed by atoms with E-state index in [-0.39, 0.29) is 5.92 Å². The molecule has 1 aliphatic heterocycles. The lowest BCUT2D eigenvalue weighted by Gasteiger charge is -2.26. The average molecular weight is 257 g/mol. The molecule has 0 spiro atoms. The molecule has 1 saturated carbocycles. The predicted molar refractivity (Wildman–Crippen MR) is 68.6 cm³/mol. The third-order valence-corrected chi connectivity index (χ3v) is 4.33. The number of rotatable bonds is 2. The van der Waals surface area contributed by atoms with Gasteiger partial charge in [0.1, 0.15) is 17.8 Å². The van der Waals surface area contributed by atoms with Gasteiger partial charge in [0, 0.05) is 18.4 Å². The molecule has 0 amide bonds. The number of hydrogen-bond donors (Lipinski definition) is 1. The number of carbonyl (C=O) groups is 1. The Labute approximate surface area is 111 Å². The number of hydrogen-bond acceptors (Lipinski definition) is 4. The molecule has 2 heterocycles. The predicted octanol–water partition coefficient (Wildman–Crippen LogP) is 1.64. The maximum Gasteiger partial charge on any atom is 0.326 e. The number of carboxylic acid groups (broad SMARTS) is 1. The van der Waals surface area contributed by atoms with E-state index in [2.05, 4.69) is 4.98 Å². The summed E-state index contributed by atoms with van der Waals surface area (Å²) in [4.78, 5) is 17.4. The van der Waals surface area contributed by atoms with Crippen LogP contribution in [0.1, 0.15) is 25.0 Å². The van der Waals surface area contributed by atoms with Crippen molar-refractivity contribution in [2.45, 2.75) is 25.3 Å². The van der Waals surface area contributed by atoms with Gasteiger partial charge in [0.25, 0.3) is 0 Å². The number of fused-ring (bicyclic) bond motifs is 1. The zero-order valence-corrected chi connectivity index (χ0v) is 10.5. The van der Waals surface area contributed by atoms with E-state index in [4.69, 9.17) is 5.26 Å². The van der Waals surface area contributed by atoms with Crippen molar-refractivity contribution in [3.63, 3.8) is 0 Å². The second-order valence-electron chi connectivity index (χ2n) is 5.30. The molecule has 2 fully saturated rings. The lowest BCUT2D eigenvalue weighted by Crippen LogP contribution is -2.39. The van der Waals surface area contributed by atoms with Crippen LogP contribution in [-0.2, 0) is 4.79 Å². The first-order chi connectivity index (χ1) is 9.20. The molecule has 98 valence electrons. The van der Waals surface area contributed by atoms with E-state index >= 15 is 0 Å². The summed E-state index contributed by atoms with van der Waals surface area (Å²) in [6.07, 6.45) is 4.81. The molecular formula is C14H15N3O2. The Morgan fingerprint density at radius 1 is 1.53 bits per heavy atom. The van der Waals surface area contributed by atoms with Crippen LogP contribution in [0.5, 0.6) is 0 Å². The maximum absolute atomic E-state index is 11.6. The van der Waals surface area contributed by atoms with Crippen molar-refractivity contribution in [2.24, 2.45) is 11.8 Å². The van der Waals surface area contributed by atoms with Gasteiger partial charge >= 0.3 is 5.97 Å². The van der Waals surface area contributed by atoms with E-state index in [1.54, 1.807) is 18.3 Å². The molecule has 0 radical (unpaired) electrons. The van der Waals surface area contributed by atoms with Crippen LogP contribution in [0, 0.1) is 23.2 Å². The first-order valence-corrected chi connectivity index (χ1v) is 6.56. The Bertz CT molecular complexity index is 552. The number of aliphatic carboxylic acids is 1. The van der Waals surface area contributed by atoms with Gasteiger partial charge in [0.2, 0.25) is 0 Å². The molecule has 1 aliphatic carbocycles. The second kappa shape index (κ2) is 4.54. The Morgan fingerprint density at radius 2 is 2.37 bits per heavy atom. The summed E-state index contributed by atoms with van der Waals surface area (Å²) < 4.78 is 0. The molecule has 0 bridgehead atoms. The van der Waals surface area contributed by atoms with E-state index in [0.29, 0.717) is 11.6 Å². The van der Waals surface area contributed by atoms with Crippen LogP contribution in [-0.4, -0.2) is 28.6 Å². The highest BCUT2D eigenvalue weighted by molar-refractivity contribution is 5.80. The van der Waals surface area contributed by atoms with Crippen LogP contribution < -0.4 is 4.90 Å². The van der Waals surface area contributed by atoms with E-state index in [1.165, 1.54) is 0 Å². The Kier molecular flexibility index (Phi) is 2.86. The van der Waals surface area contributed by atoms with E-state index in [0.717, 1.165) is 31.5 Å². The molecule has 1 saturated heterocycles. The smallest absolute Gasteiger partial charge is 0.326 e. The molecule has 3 atom stereocenters. The average Bonchev–Trinajstić information content (AvgIpc) is 2.98. The molecule has 1 aromatic heterocycles. The van der Waals surface area contributed by atoms with Crippen LogP contribution >= 0.6 is 0 Å². The number of nitriles is 1. The normalized spacial score (nSPS) is 29.0. The van der Waals surface area contributed by atoms with Crippen molar-refractivity contribution in [2.75, 3.05) is 11.4 Å². The van der Waals surface area contributed by atoms with Crippen molar-refractivity contribution < 1.29 is 9.90 Å². The van der Waals surface area contributed by atoms with Gasteiger partial charge in [-0.15, -0.1) is 0 Å². The summed E-state index contributed by atoms with van der Waals surface area (Å²) in [6, 6.07) is 5.01. The molecule has 19 heavy (non-hydrogen) atoms. The van der Waals surface area contributed by atoms with Gasteiger partial charge < -0.3 is 10.0 Å². The third kappa shape index (κ3) is 1.93. The van der Waals surface area contributed by atoms with Crippen molar-refractivity contribution in [1.29, 1.82) is 5.26 Å². The fraction of sp³-hybridized carbons (Fsp3) is 0.500. The van der Waals surface area contributed by atoms with Gasteiger partial charge in [-0.2, -0.15) is 5.26 Å². The molecule has 3 rings (SSSR count). The quantitative estimate of drug-likeness (QED) is 0.871. The highest BCUT2D eigenvalue weighted by atomic mass is 16.4. The highest BCUT2D eigenvalue weighted by Crippen LogP contribution is 2.43. The van der Waals surface area contributed by atoms with Crippen LogP contribution in [0.25, 0.3) is 0 Å². The zero-order chi connectivity index (χ0) is 13.4. The van der Waals surface area contributed by atoms with E-state index < -0.39 is 12.0 Å².